The largest absolute Gasteiger partial charge is 0.411 e. The van der Waals surface area contributed by atoms with Crippen molar-refractivity contribution >= 4 is 0 Å². The highest BCUT2D eigenvalue weighted by Gasteiger charge is 2.27. The Kier molecular flexibility index (Phi) is 6.38. The van der Waals surface area contributed by atoms with Gasteiger partial charge >= 0.3 is 6.18 Å². The van der Waals surface area contributed by atoms with Gasteiger partial charge in [-0.05, 0) is 45.8 Å². The molecule has 18 heavy (non-hydrogen) atoms. The third-order valence-corrected chi connectivity index (χ3v) is 3.45. The van der Waals surface area contributed by atoms with E-state index in [0.29, 0.717) is 18.5 Å². The van der Waals surface area contributed by atoms with Gasteiger partial charge in [-0.15, -0.1) is 0 Å². The molecule has 0 saturated carbocycles. The van der Waals surface area contributed by atoms with Crippen molar-refractivity contribution in [2.24, 2.45) is 5.92 Å². The molecule has 0 aromatic carbocycles. The van der Waals surface area contributed by atoms with Crippen LogP contribution in [0, 0.1) is 5.92 Å². The van der Waals surface area contributed by atoms with Crippen LogP contribution in [-0.4, -0.2) is 57.0 Å². The topological polar surface area (TPSA) is 24.5 Å². The molecule has 1 unspecified atom stereocenters. The fourth-order valence-corrected chi connectivity index (χ4v) is 2.24. The van der Waals surface area contributed by atoms with Gasteiger partial charge < -0.3 is 15.0 Å². The Bertz CT molecular complexity index is 228. The molecule has 1 fully saturated rings. The summed E-state index contributed by atoms with van der Waals surface area (Å²) in [6.07, 6.45) is -1.93. The molecule has 1 aliphatic heterocycles. The minimum Gasteiger partial charge on any atom is -0.371 e. The first kappa shape index (κ1) is 15.7. The number of rotatable bonds is 6. The van der Waals surface area contributed by atoms with E-state index in [2.05, 4.69) is 28.9 Å². The van der Waals surface area contributed by atoms with Gasteiger partial charge in [0, 0.05) is 12.6 Å². The second-order valence-electron chi connectivity index (χ2n) is 5.05. The monoisotopic (exact) mass is 268 g/mol. The van der Waals surface area contributed by atoms with Gasteiger partial charge in [-0.2, -0.15) is 13.2 Å². The third kappa shape index (κ3) is 6.56. The van der Waals surface area contributed by atoms with Crippen LogP contribution in [0.1, 0.15) is 19.8 Å². The van der Waals surface area contributed by atoms with E-state index in [1.165, 1.54) is 0 Å². The summed E-state index contributed by atoms with van der Waals surface area (Å²) in [7, 11) is 2.11. The predicted octanol–water partition coefficient (Wildman–Crippen LogP) is 1.89. The molecule has 0 aromatic heterocycles. The molecule has 0 aliphatic carbocycles. The number of nitrogens with one attached hydrogen (secondary N) is 1. The molecule has 1 N–H and O–H groups in total. The van der Waals surface area contributed by atoms with Crippen molar-refractivity contribution in [2.45, 2.75) is 32.0 Å². The molecule has 0 bridgehead atoms. The van der Waals surface area contributed by atoms with E-state index >= 15 is 0 Å². The van der Waals surface area contributed by atoms with Crippen molar-refractivity contribution in [3.8, 4) is 0 Å². The lowest BCUT2D eigenvalue weighted by atomic mass is 9.90. The van der Waals surface area contributed by atoms with Crippen LogP contribution in [0.4, 0.5) is 13.2 Å². The second-order valence-corrected chi connectivity index (χ2v) is 5.05. The number of hydrogen-bond donors (Lipinski definition) is 1. The van der Waals surface area contributed by atoms with Crippen LogP contribution in [0.3, 0.4) is 0 Å². The van der Waals surface area contributed by atoms with Crippen LogP contribution in [0.25, 0.3) is 0 Å². The highest BCUT2D eigenvalue weighted by Crippen LogP contribution is 2.19. The van der Waals surface area contributed by atoms with Crippen LogP contribution < -0.4 is 5.32 Å². The zero-order valence-corrected chi connectivity index (χ0v) is 11.1. The fraction of sp³-hybridized carbons (Fsp3) is 1.00. The van der Waals surface area contributed by atoms with Gasteiger partial charge in [-0.1, -0.05) is 0 Å². The van der Waals surface area contributed by atoms with Gasteiger partial charge in [0.25, 0.3) is 0 Å². The van der Waals surface area contributed by atoms with E-state index < -0.39 is 12.8 Å². The summed E-state index contributed by atoms with van der Waals surface area (Å²) in [5.74, 6) is 0.615. The molecule has 108 valence electrons. The van der Waals surface area contributed by atoms with Crippen molar-refractivity contribution in [3.05, 3.63) is 0 Å². The summed E-state index contributed by atoms with van der Waals surface area (Å²) >= 11 is 0. The Morgan fingerprint density at radius 2 is 1.94 bits per heavy atom. The Morgan fingerprint density at radius 3 is 2.50 bits per heavy atom. The predicted molar refractivity (Wildman–Crippen MR) is 64.6 cm³/mol. The summed E-state index contributed by atoms with van der Waals surface area (Å²) in [6, 6.07) is 0.341. The molecule has 1 atom stereocenters. The van der Waals surface area contributed by atoms with Crippen LogP contribution in [-0.2, 0) is 4.74 Å². The molecule has 0 amide bonds. The number of halogens is 3. The second kappa shape index (κ2) is 7.31. The first-order valence-corrected chi connectivity index (χ1v) is 6.45. The van der Waals surface area contributed by atoms with Crippen LogP contribution in [0.2, 0.25) is 0 Å². The molecular formula is C12H23F3N2O. The van der Waals surface area contributed by atoms with E-state index in [-0.39, 0.29) is 6.61 Å². The molecule has 3 nitrogen and oxygen atoms in total. The number of hydrogen-bond acceptors (Lipinski definition) is 3. The van der Waals surface area contributed by atoms with Gasteiger partial charge in [0.05, 0.1) is 6.61 Å². The van der Waals surface area contributed by atoms with E-state index in [1.54, 1.807) is 0 Å². The molecule has 0 radical (unpaired) electrons. The van der Waals surface area contributed by atoms with Gasteiger partial charge in [0.2, 0.25) is 0 Å². The number of piperidine rings is 1. The van der Waals surface area contributed by atoms with Crippen molar-refractivity contribution in [2.75, 3.05) is 39.9 Å². The Morgan fingerprint density at radius 1 is 1.33 bits per heavy atom. The molecular weight excluding hydrogens is 245 g/mol. The fourth-order valence-electron chi connectivity index (χ4n) is 2.24. The van der Waals surface area contributed by atoms with E-state index in [1.807, 2.05) is 0 Å². The quantitative estimate of drug-likeness (QED) is 0.744. The maximum atomic E-state index is 11.8. The van der Waals surface area contributed by atoms with Crippen LogP contribution in [0.5, 0.6) is 0 Å². The minimum atomic E-state index is -4.22. The van der Waals surface area contributed by atoms with Gasteiger partial charge in [-0.25, -0.2) is 0 Å². The molecule has 6 heteroatoms. The van der Waals surface area contributed by atoms with Gasteiger partial charge in [-0.3, -0.25) is 0 Å². The van der Waals surface area contributed by atoms with E-state index in [9.17, 15) is 13.2 Å². The molecule has 0 spiro atoms. The third-order valence-electron chi connectivity index (χ3n) is 3.45. The highest BCUT2D eigenvalue weighted by molar-refractivity contribution is 4.78. The lowest BCUT2D eigenvalue weighted by Crippen LogP contribution is -2.41. The number of likely N-dealkylation sites (tertiary alicyclic amines) is 1. The first-order valence-electron chi connectivity index (χ1n) is 6.45. The zero-order valence-electron chi connectivity index (χ0n) is 11.1. The SMILES string of the molecule is CC(NCCOCC(F)(F)F)C1CCN(C)CC1. The number of nitrogens with zero attached hydrogens (tertiary/aromatic N) is 1. The van der Waals surface area contributed by atoms with E-state index in [0.717, 1.165) is 25.9 Å². The number of alkyl halides is 3. The highest BCUT2D eigenvalue weighted by atomic mass is 19.4. The Balaban J connectivity index is 2.05. The molecule has 0 aromatic rings. The lowest BCUT2D eigenvalue weighted by molar-refractivity contribution is -0.173. The molecule has 1 saturated heterocycles. The maximum Gasteiger partial charge on any atom is 0.411 e. The smallest absolute Gasteiger partial charge is 0.371 e. The molecule has 1 rings (SSSR count). The minimum absolute atomic E-state index is 0.108. The zero-order chi connectivity index (χ0) is 13.6. The van der Waals surface area contributed by atoms with Crippen molar-refractivity contribution in [1.82, 2.24) is 10.2 Å². The van der Waals surface area contributed by atoms with Gasteiger partial charge in [0.15, 0.2) is 0 Å². The number of ether oxygens (including phenoxy) is 1. The summed E-state index contributed by atoms with van der Waals surface area (Å²) in [5, 5.41) is 3.24. The summed E-state index contributed by atoms with van der Waals surface area (Å²) in [5.41, 5.74) is 0. The Labute approximate surface area is 107 Å². The van der Waals surface area contributed by atoms with Crippen molar-refractivity contribution in [1.29, 1.82) is 0 Å². The van der Waals surface area contributed by atoms with Crippen molar-refractivity contribution in [3.63, 3.8) is 0 Å². The summed E-state index contributed by atoms with van der Waals surface area (Å²) in [4.78, 5) is 2.30. The molecule has 1 heterocycles. The maximum absolute atomic E-state index is 11.8. The van der Waals surface area contributed by atoms with Gasteiger partial charge in [0.1, 0.15) is 6.61 Å². The Hall–Kier alpha value is -0.330. The lowest BCUT2D eigenvalue weighted by Gasteiger charge is -2.33. The molecule has 1 aliphatic rings. The van der Waals surface area contributed by atoms with Crippen LogP contribution in [0.15, 0.2) is 0 Å². The normalized spacial score (nSPS) is 21.2. The summed E-state index contributed by atoms with van der Waals surface area (Å²) in [6.45, 7) is 3.72. The average Bonchev–Trinajstić information content (AvgIpc) is 2.27. The average molecular weight is 268 g/mol. The van der Waals surface area contributed by atoms with E-state index in [4.69, 9.17) is 0 Å². The first-order chi connectivity index (χ1) is 8.38. The van der Waals surface area contributed by atoms with Crippen molar-refractivity contribution < 1.29 is 17.9 Å². The summed E-state index contributed by atoms with van der Waals surface area (Å²) < 4.78 is 40.0. The standard InChI is InChI=1S/C12H23F3N2O/c1-10(11-3-6-17(2)7-4-11)16-5-8-18-9-12(13,14)15/h10-11,16H,3-9H2,1-2H3. The van der Waals surface area contributed by atoms with Crippen LogP contribution >= 0.6 is 0 Å².